The Kier molecular flexibility index (Phi) is 3.50. The number of para-hydroxylation sites is 1. The molecule has 0 aliphatic carbocycles. The molecule has 0 amide bonds. The number of carbonyl (C=O) groups excluding carboxylic acids is 1. The molecule has 1 N–H and O–H groups in total. The molecular formula is C14H12FNO. The van der Waals surface area contributed by atoms with Crippen LogP contribution in [0.3, 0.4) is 0 Å². The maximum absolute atomic E-state index is 13.3. The number of hydrogen-bond donors (Lipinski definition) is 1. The predicted molar refractivity (Wildman–Crippen MR) is 65.7 cm³/mol. The zero-order valence-electron chi connectivity index (χ0n) is 9.19. The van der Waals surface area contributed by atoms with Crippen LogP contribution >= 0.6 is 0 Å². The van der Waals surface area contributed by atoms with Gasteiger partial charge in [-0.25, -0.2) is 4.39 Å². The van der Waals surface area contributed by atoms with Gasteiger partial charge in [0.1, 0.15) is 5.82 Å². The molecule has 0 heterocycles. The van der Waals surface area contributed by atoms with Gasteiger partial charge in [0.2, 0.25) is 0 Å². The fourth-order valence-electron chi connectivity index (χ4n) is 1.51. The van der Waals surface area contributed by atoms with E-state index in [0.717, 1.165) is 0 Å². The first-order valence-corrected chi connectivity index (χ1v) is 5.34. The summed E-state index contributed by atoms with van der Waals surface area (Å²) < 4.78 is 13.3. The van der Waals surface area contributed by atoms with Crippen LogP contribution in [0.4, 0.5) is 10.1 Å². The molecule has 0 spiro atoms. The largest absolute Gasteiger partial charge is 0.375 e. The zero-order chi connectivity index (χ0) is 12.1. The van der Waals surface area contributed by atoms with Crippen molar-refractivity contribution in [2.75, 3.05) is 11.9 Å². The second kappa shape index (κ2) is 5.25. The topological polar surface area (TPSA) is 29.1 Å². The standard InChI is InChI=1S/C14H12FNO/c15-12-8-4-5-9-13(12)16-10-14(17)11-6-2-1-3-7-11/h1-9,16H,10H2. The summed E-state index contributed by atoms with van der Waals surface area (Å²) in [7, 11) is 0. The maximum Gasteiger partial charge on any atom is 0.181 e. The van der Waals surface area contributed by atoms with Crippen molar-refractivity contribution < 1.29 is 9.18 Å². The molecule has 0 radical (unpaired) electrons. The molecule has 86 valence electrons. The molecule has 0 saturated carbocycles. The molecule has 0 bridgehead atoms. The molecule has 0 fully saturated rings. The molecule has 3 heteroatoms. The Hall–Kier alpha value is -2.16. The van der Waals surface area contributed by atoms with Crippen LogP contribution in [0.15, 0.2) is 54.6 Å². The molecule has 2 aromatic carbocycles. The van der Waals surface area contributed by atoms with Crippen LogP contribution in [-0.2, 0) is 0 Å². The van der Waals surface area contributed by atoms with E-state index < -0.39 is 0 Å². The summed E-state index contributed by atoms with van der Waals surface area (Å²) >= 11 is 0. The minimum absolute atomic E-state index is 0.0612. The highest BCUT2D eigenvalue weighted by molar-refractivity contribution is 5.98. The Morgan fingerprint density at radius 3 is 2.35 bits per heavy atom. The summed E-state index contributed by atoms with van der Waals surface area (Å²) in [6.45, 7) is 0.0882. The molecule has 0 aromatic heterocycles. The summed E-state index contributed by atoms with van der Waals surface area (Å²) in [5.74, 6) is -0.415. The van der Waals surface area contributed by atoms with Crippen molar-refractivity contribution in [3.8, 4) is 0 Å². The summed E-state index contributed by atoms with van der Waals surface area (Å²) in [6, 6.07) is 15.2. The third-order valence-corrected chi connectivity index (χ3v) is 2.41. The van der Waals surface area contributed by atoms with Crippen LogP contribution in [0.25, 0.3) is 0 Å². The van der Waals surface area contributed by atoms with Gasteiger partial charge in [0.05, 0.1) is 12.2 Å². The Bertz CT molecular complexity index is 511. The lowest BCUT2D eigenvalue weighted by molar-refractivity contribution is 0.101. The normalized spacial score (nSPS) is 9.94. The average Bonchev–Trinajstić information content (AvgIpc) is 2.38. The molecule has 2 rings (SSSR count). The zero-order valence-corrected chi connectivity index (χ0v) is 9.19. The van der Waals surface area contributed by atoms with Gasteiger partial charge in [0.25, 0.3) is 0 Å². The van der Waals surface area contributed by atoms with Gasteiger partial charge in [-0.05, 0) is 12.1 Å². The van der Waals surface area contributed by atoms with Crippen LogP contribution in [0.2, 0.25) is 0 Å². The van der Waals surface area contributed by atoms with Gasteiger partial charge in [-0.15, -0.1) is 0 Å². The number of carbonyl (C=O) groups is 1. The summed E-state index contributed by atoms with van der Waals surface area (Å²) in [6.07, 6.45) is 0. The summed E-state index contributed by atoms with van der Waals surface area (Å²) in [4.78, 5) is 11.7. The van der Waals surface area contributed by atoms with Gasteiger partial charge < -0.3 is 5.32 Å². The molecule has 0 saturated heterocycles. The fraction of sp³-hybridized carbons (Fsp3) is 0.0714. The lowest BCUT2D eigenvalue weighted by Crippen LogP contribution is -2.14. The summed E-state index contributed by atoms with van der Waals surface area (Å²) in [5.41, 5.74) is 0.966. The van der Waals surface area contributed by atoms with Crippen molar-refractivity contribution in [1.82, 2.24) is 0 Å². The Morgan fingerprint density at radius 2 is 1.65 bits per heavy atom. The Labute approximate surface area is 99.1 Å². The van der Waals surface area contributed by atoms with Crippen molar-refractivity contribution in [1.29, 1.82) is 0 Å². The van der Waals surface area contributed by atoms with E-state index >= 15 is 0 Å². The molecular weight excluding hydrogens is 217 g/mol. The highest BCUT2D eigenvalue weighted by Crippen LogP contribution is 2.12. The SMILES string of the molecule is O=C(CNc1ccccc1F)c1ccccc1. The second-order valence-electron chi connectivity index (χ2n) is 3.62. The van der Waals surface area contributed by atoms with Gasteiger partial charge >= 0.3 is 0 Å². The molecule has 0 atom stereocenters. The van der Waals surface area contributed by atoms with Crippen molar-refractivity contribution in [3.05, 3.63) is 66.0 Å². The van der Waals surface area contributed by atoms with Crippen LogP contribution < -0.4 is 5.32 Å². The van der Waals surface area contributed by atoms with Crippen LogP contribution in [0.1, 0.15) is 10.4 Å². The molecule has 0 unspecified atom stereocenters. The maximum atomic E-state index is 13.3. The highest BCUT2D eigenvalue weighted by Gasteiger charge is 2.06. The van der Waals surface area contributed by atoms with Gasteiger partial charge in [-0.1, -0.05) is 42.5 Å². The average molecular weight is 229 g/mol. The van der Waals surface area contributed by atoms with Crippen LogP contribution in [0, 0.1) is 5.82 Å². The number of rotatable bonds is 4. The van der Waals surface area contributed by atoms with Crippen LogP contribution in [-0.4, -0.2) is 12.3 Å². The van der Waals surface area contributed by atoms with Gasteiger partial charge in [-0.3, -0.25) is 4.79 Å². The van der Waals surface area contributed by atoms with E-state index in [4.69, 9.17) is 0 Å². The summed E-state index contributed by atoms with van der Waals surface area (Å²) in [5, 5.41) is 2.79. The van der Waals surface area contributed by atoms with E-state index in [2.05, 4.69) is 5.32 Å². The quantitative estimate of drug-likeness (QED) is 0.816. The minimum Gasteiger partial charge on any atom is -0.375 e. The van der Waals surface area contributed by atoms with Crippen molar-refractivity contribution in [2.45, 2.75) is 0 Å². The molecule has 17 heavy (non-hydrogen) atoms. The molecule has 0 aliphatic heterocycles. The molecule has 2 aromatic rings. The van der Waals surface area contributed by atoms with Crippen molar-refractivity contribution in [2.24, 2.45) is 0 Å². The minimum atomic E-state index is -0.353. The first kappa shape index (κ1) is 11.3. The van der Waals surface area contributed by atoms with E-state index in [-0.39, 0.29) is 18.1 Å². The first-order valence-electron chi connectivity index (χ1n) is 5.34. The van der Waals surface area contributed by atoms with Crippen LogP contribution in [0.5, 0.6) is 0 Å². The van der Waals surface area contributed by atoms with E-state index in [9.17, 15) is 9.18 Å². The Morgan fingerprint density at radius 1 is 1.00 bits per heavy atom. The third-order valence-electron chi connectivity index (χ3n) is 2.41. The fourth-order valence-corrected chi connectivity index (χ4v) is 1.51. The number of benzene rings is 2. The lowest BCUT2D eigenvalue weighted by Gasteiger charge is -2.06. The number of Topliss-reactive ketones (excluding diaryl/α,β-unsaturated/α-hetero) is 1. The molecule has 0 aliphatic rings. The predicted octanol–water partition coefficient (Wildman–Crippen LogP) is 3.12. The highest BCUT2D eigenvalue weighted by atomic mass is 19.1. The van der Waals surface area contributed by atoms with E-state index in [0.29, 0.717) is 11.3 Å². The third kappa shape index (κ3) is 2.91. The van der Waals surface area contributed by atoms with Crippen molar-refractivity contribution in [3.63, 3.8) is 0 Å². The van der Waals surface area contributed by atoms with E-state index in [1.165, 1.54) is 6.07 Å². The number of nitrogens with one attached hydrogen (secondary N) is 1. The second-order valence-corrected chi connectivity index (χ2v) is 3.62. The Balaban J connectivity index is 2.00. The first-order chi connectivity index (χ1) is 8.27. The number of anilines is 1. The van der Waals surface area contributed by atoms with Gasteiger partial charge in [-0.2, -0.15) is 0 Å². The van der Waals surface area contributed by atoms with Gasteiger partial charge in [0.15, 0.2) is 5.78 Å². The smallest absolute Gasteiger partial charge is 0.181 e. The molecule has 2 nitrogen and oxygen atoms in total. The lowest BCUT2D eigenvalue weighted by atomic mass is 10.1. The van der Waals surface area contributed by atoms with E-state index in [1.54, 1.807) is 42.5 Å². The van der Waals surface area contributed by atoms with Gasteiger partial charge in [0, 0.05) is 5.56 Å². The van der Waals surface area contributed by atoms with Crippen molar-refractivity contribution >= 4 is 11.5 Å². The number of hydrogen-bond acceptors (Lipinski definition) is 2. The number of halogens is 1. The monoisotopic (exact) mass is 229 g/mol. The number of ketones is 1. The van der Waals surface area contributed by atoms with E-state index in [1.807, 2.05) is 6.07 Å².